The van der Waals surface area contributed by atoms with Gasteiger partial charge in [-0.3, -0.25) is 4.79 Å². The molecule has 0 aromatic rings. The molecule has 2 atom stereocenters. The number of carbonyl (C=O) groups is 1. The molecule has 1 heterocycles. The Labute approximate surface area is 110 Å². The molecular weight excluding hydrogens is 230 g/mol. The minimum Gasteiger partial charge on any atom is -0.462 e. The maximum atomic E-state index is 12.3. The molecule has 4 heteroatoms. The molecule has 0 aromatic carbocycles. The Kier molecular flexibility index (Phi) is 5.60. The van der Waals surface area contributed by atoms with Crippen LogP contribution in [0, 0.1) is 5.41 Å². The van der Waals surface area contributed by atoms with Gasteiger partial charge in [0.25, 0.3) is 0 Å². The number of nitrogens with two attached hydrogens (primary N) is 1. The van der Waals surface area contributed by atoms with Crippen LogP contribution in [0.1, 0.15) is 53.4 Å². The van der Waals surface area contributed by atoms with Crippen molar-refractivity contribution in [3.8, 4) is 0 Å². The molecule has 106 valence electrons. The lowest BCUT2D eigenvalue weighted by Crippen LogP contribution is -2.43. The molecular formula is C14H27NO3. The van der Waals surface area contributed by atoms with Crippen molar-refractivity contribution in [3.05, 3.63) is 0 Å². The van der Waals surface area contributed by atoms with Crippen LogP contribution in [0.2, 0.25) is 0 Å². The first-order valence-electron chi connectivity index (χ1n) is 7.04. The van der Waals surface area contributed by atoms with Crippen LogP contribution in [0.15, 0.2) is 0 Å². The molecule has 2 N–H and O–H groups in total. The predicted molar refractivity (Wildman–Crippen MR) is 71.2 cm³/mol. The summed E-state index contributed by atoms with van der Waals surface area (Å²) in [6, 6.07) is 0. The highest BCUT2D eigenvalue weighted by molar-refractivity contribution is 5.77. The highest BCUT2D eigenvalue weighted by Gasteiger charge is 2.37. The van der Waals surface area contributed by atoms with E-state index in [1.54, 1.807) is 0 Å². The lowest BCUT2D eigenvalue weighted by molar-refractivity contribution is -0.171. The summed E-state index contributed by atoms with van der Waals surface area (Å²) in [5.74, 6) is -0.138. The van der Waals surface area contributed by atoms with Crippen LogP contribution < -0.4 is 5.73 Å². The number of ether oxygens (including phenoxy) is 2. The molecule has 0 spiro atoms. The van der Waals surface area contributed by atoms with Gasteiger partial charge in [-0.05, 0) is 26.7 Å². The van der Waals surface area contributed by atoms with Crippen molar-refractivity contribution in [1.29, 1.82) is 0 Å². The number of esters is 1. The van der Waals surface area contributed by atoms with E-state index in [9.17, 15) is 4.79 Å². The van der Waals surface area contributed by atoms with Gasteiger partial charge in [0.15, 0.2) is 0 Å². The van der Waals surface area contributed by atoms with E-state index in [2.05, 4.69) is 0 Å². The van der Waals surface area contributed by atoms with Crippen molar-refractivity contribution in [3.63, 3.8) is 0 Å². The second-order valence-corrected chi connectivity index (χ2v) is 5.45. The van der Waals surface area contributed by atoms with Crippen molar-refractivity contribution >= 4 is 5.97 Å². The minimum absolute atomic E-state index is 0.0275. The molecule has 0 aliphatic carbocycles. The fraction of sp³-hybridized carbons (Fsp3) is 0.929. The summed E-state index contributed by atoms with van der Waals surface area (Å²) in [5, 5.41) is 0. The number of hydrogen-bond acceptors (Lipinski definition) is 4. The summed E-state index contributed by atoms with van der Waals surface area (Å²) in [6.07, 6.45) is 3.30. The fourth-order valence-corrected chi connectivity index (χ4v) is 2.63. The van der Waals surface area contributed by atoms with Crippen LogP contribution in [0.3, 0.4) is 0 Å². The van der Waals surface area contributed by atoms with Crippen LogP contribution in [-0.4, -0.2) is 30.8 Å². The van der Waals surface area contributed by atoms with Gasteiger partial charge in [-0.2, -0.15) is 0 Å². The van der Waals surface area contributed by atoms with Gasteiger partial charge in [0.05, 0.1) is 17.6 Å². The van der Waals surface area contributed by atoms with E-state index in [0.717, 1.165) is 25.7 Å². The van der Waals surface area contributed by atoms with Crippen molar-refractivity contribution in [2.45, 2.75) is 71.7 Å². The molecule has 18 heavy (non-hydrogen) atoms. The molecule has 0 bridgehead atoms. The Balaban J connectivity index is 2.63. The van der Waals surface area contributed by atoms with Crippen LogP contribution in [0.5, 0.6) is 0 Å². The van der Waals surface area contributed by atoms with Crippen molar-refractivity contribution in [2.24, 2.45) is 11.1 Å². The Bertz CT molecular complexity index is 258. The maximum absolute atomic E-state index is 12.3. The topological polar surface area (TPSA) is 61.6 Å². The largest absolute Gasteiger partial charge is 0.462 e. The summed E-state index contributed by atoms with van der Waals surface area (Å²) < 4.78 is 11.3. The molecule has 2 unspecified atom stereocenters. The van der Waals surface area contributed by atoms with Gasteiger partial charge >= 0.3 is 5.97 Å². The third-order valence-electron chi connectivity index (χ3n) is 4.11. The first-order chi connectivity index (χ1) is 8.47. The van der Waals surface area contributed by atoms with Crippen LogP contribution >= 0.6 is 0 Å². The van der Waals surface area contributed by atoms with Crippen LogP contribution in [0.4, 0.5) is 0 Å². The Morgan fingerprint density at radius 2 is 1.78 bits per heavy atom. The molecule has 4 nitrogen and oxygen atoms in total. The Morgan fingerprint density at radius 3 is 2.17 bits per heavy atom. The summed E-state index contributed by atoms with van der Waals surface area (Å²) in [6.45, 7) is 8.38. The van der Waals surface area contributed by atoms with Crippen LogP contribution in [0.25, 0.3) is 0 Å². The third-order valence-corrected chi connectivity index (χ3v) is 4.11. The molecule has 0 amide bonds. The van der Waals surface area contributed by atoms with Gasteiger partial charge in [0, 0.05) is 19.4 Å². The van der Waals surface area contributed by atoms with Crippen molar-refractivity contribution < 1.29 is 14.3 Å². The van der Waals surface area contributed by atoms with Gasteiger partial charge < -0.3 is 15.2 Å². The highest BCUT2D eigenvalue weighted by atomic mass is 16.6. The zero-order chi connectivity index (χ0) is 13.8. The Hall–Kier alpha value is -0.610. The van der Waals surface area contributed by atoms with E-state index in [0.29, 0.717) is 6.54 Å². The van der Waals surface area contributed by atoms with E-state index in [1.807, 2.05) is 27.7 Å². The SMILES string of the molecule is CCC(CC)(CN)C(=O)OC1CC(C)OC(C)C1. The van der Waals surface area contributed by atoms with E-state index in [1.165, 1.54) is 0 Å². The fourth-order valence-electron chi connectivity index (χ4n) is 2.63. The van der Waals surface area contributed by atoms with Gasteiger partial charge in [0.1, 0.15) is 6.10 Å². The molecule has 0 saturated carbocycles. The molecule has 0 aromatic heterocycles. The molecule has 1 rings (SSSR count). The van der Waals surface area contributed by atoms with Crippen molar-refractivity contribution in [1.82, 2.24) is 0 Å². The van der Waals surface area contributed by atoms with Gasteiger partial charge in [0.2, 0.25) is 0 Å². The predicted octanol–water partition coefficient (Wildman–Crippen LogP) is 2.25. The molecule has 1 fully saturated rings. The standard InChI is InChI=1S/C14H27NO3/c1-5-14(6-2,9-15)13(16)18-12-7-10(3)17-11(4)8-12/h10-12H,5-9,15H2,1-4H3. The maximum Gasteiger partial charge on any atom is 0.313 e. The molecule has 1 aliphatic rings. The lowest BCUT2D eigenvalue weighted by atomic mass is 9.82. The quantitative estimate of drug-likeness (QED) is 0.767. The van der Waals surface area contributed by atoms with Gasteiger partial charge in [-0.25, -0.2) is 0 Å². The minimum atomic E-state index is -0.509. The van der Waals surface area contributed by atoms with E-state index >= 15 is 0 Å². The molecule has 1 saturated heterocycles. The smallest absolute Gasteiger partial charge is 0.313 e. The van der Waals surface area contributed by atoms with Gasteiger partial charge in [-0.15, -0.1) is 0 Å². The average molecular weight is 257 g/mol. The number of hydrogen-bond donors (Lipinski definition) is 1. The normalized spacial score (nSPS) is 29.1. The zero-order valence-electron chi connectivity index (χ0n) is 12.1. The summed E-state index contributed by atoms with van der Waals surface area (Å²) in [7, 11) is 0. The zero-order valence-corrected chi connectivity index (χ0v) is 12.1. The average Bonchev–Trinajstić information content (AvgIpc) is 2.30. The molecule has 1 aliphatic heterocycles. The summed E-state index contributed by atoms with van der Waals surface area (Å²) >= 11 is 0. The van der Waals surface area contributed by atoms with Crippen molar-refractivity contribution in [2.75, 3.05) is 6.54 Å². The second-order valence-electron chi connectivity index (χ2n) is 5.45. The van der Waals surface area contributed by atoms with Crippen LogP contribution in [-0.2, 0) is 14.3 Å². The first kappa shape index (κ1) is 15.4. The lowest BCUT2D eigenvalue weighted by Gasteiger charge is -2.35. The highest BCUT2D eigenvalue weighted by Crippen LogP contribution is 2.30. The first-order valence-corrected chi connectivity index (χ1v) is 7.04. The van der Waals surface area contributed by atoms with E-state index < -0.39 is 5.41 Å². The van der Waals surface area contributed by atoms with E-state index in [-0.39, 0.29) is 24.3 Å². The summed E-state index contributed by atoms with van der Waals surface area (Å²) in [4.78, 5) is 12.3. The third kappa shape index (κ3) is 3.45. The second kappa shape index (κ2) is 6.53. The number of carbonyl (C=O) groups excluding carboxylic acids is 1. The summed E-state index contributed by atoms with van der Waals surface area (Å²) in [5.41, 5.74) is 5.25. The van der Waals surface area contributed by atoms with Gasteiger partial charge in [-0.1, -0.05) is 13.8 Å². The monoisotopic (exact) mass is 257 g/mol. The Morgan fingerprint density at radius 1 is 1.28 bits per heavy atom. The number of rotatable bonds is 5. The molecule has 0 radical (unpaired) electrons. The van der Waals surface area contributed by atoms with E-state index in [4.69, 9.17) is 15.2 Å².